The van der Waals surface area contributed by atoms with Crippen LogP contribution in [0.15, 0.2) is 66.7 Å². The lowest BCUT2D eigenvalue weighted by molar-refractivity contribution is -0.136. The number of benzene rings is 4. The Bertz CT molecular complexity index is 1700. The molecule has 8 heteroatoms. The average molecular weight is 624 g/mol. The molecule has 2 N–H and O–H groups in total. The Morgan fingerprint density at radius 1 is 0.956 bits per heavy atom. The van der Waals surface area contributed by atoms with Gasteiger partial charge in [-0.05, 0) is 84.0 Å². The summed E-state index contributed by atoms with van der Waals surface area (Å²) < 4.78 is 13.8. The van der Waals surface area contributed by atoms with Crippen LogP contribution in [-0.2, 0) is 22.5 Å². The van der Waals surface area contributed by atoms with Gasteiger partial charge in [-0.25, -0.2) is 0 Å². The number of hydrogen-bond donors (Lipinski definition) is 2. The molecule has 4 aromatic rings. The van der Waals surface area contributed by atoms with Crippen molar-refractivity contribution in [3.05, 3.63) is 94.5 Å². The van der Waals surface area contributed by atoms with Crippen LogP contribution in [0.3, 0.4) is 0 Å². The molecule has 0 aliphatic carbocycles. The maximum Gasteiger partial charge on any atom is 0.307 e. The molecule has 6 rings (SSSR count). The van der Waals surface area contributed by atoms with Crippen LogP contribution >= 0.6 is 11.9 Å². The predicted octanol–water partition coefficient (Wildman–Crippen LogP) is 7.63. The number of carboxylic acid groups (broad SMARTS) is 1. The maximum absolute atomic E-state index is 12.1. The number of nitrogens with one attached hydrogen (secondary N) is 1. The Labute approximate surface area is 270 Å². The van der Waals surface area contributed by atoms with Crippen molar-refractivity contribution < 1.29 is 19.4 Å². The second-order valence-corrected chi connectivity index (χ2v) is 12.6. The Hall–Kier alpha value is -3.98. The number of hydrogen-bond acceptors (Lipinski definition) is 7. The molecular formula is C37H41N3O4S. The summed E-state index contributed by atoms with van der Waals surface area (Å²) in [6.07, 6.45) is 2.07. The summed E-state index contributed by atoms with van der Waals surface area (Å²) in [4.78, 5) is 14.4. The van der Waals surface area contributed by atoms with Gasteiger partial charge in [-0.2, -0.15) is 0 Å². The van der Waals surface area contributed by atoms with E-state index in [0.29, 0.717) is 6.61 Å². The molecule has 2 aliphatic rings. The topological polar surface area (TPSA) is 74.3 Å². The van der Waals surface area contributed by atoms with Crippen LogP contribution in [-0.4, -0.2) is 61.7 Å². The normalized spacial score (nSPS) is 14.5. The van der Waals surface area contributed by atoms with Crippen molar-refractivity contribution in [1.82, 2.24) is 4.90 Å². The van der Waals surface area contributed by atoms with E-state index < -0.39 is 5.97 Å². The number of carboxylic acids is 1. The zero-order valence-corrected chi connectivity index (χ0v) is 27.3. The van der Waals surface area contributed by atoms with E-state index >= 15 is 0 Å². The van der Waals surface area contributed by atoms with E-state index in [1.54, 1.807) is 11.9 Å². The highest BCUT2D eigenvalue weighted by Crippen LogP contribution is 2.50. The van der Waals surface area contributed by atoms with Crippen molar-refractivity contribution in [2.45, 2.75) is 33.7 Å². The first-order valence-electron chi connectivity index (χ1n) is 15.5. The first-order chi connectivity index (χ1) is 21.8. The van der Waals surface area contributed by atoms with Gasteiger partial charge in [0.05, 0.1) is 31.9 Å². The predicted molar refractivity (Wildman–Crippen MR) is 185 cm³/mol. The van der Waals surface area contributed by atoms with Gasteiger partial charge in [0.1, 0.15) is 12.4 Å². The summed E-state index contributed by atoms with van der Waals surface area (Å²) in [5.41, 5.74) is 13.0. The van der Waals surface area contributed by atoms with E-state index in [9.17, 15) is 9.90 Å². The van der Waals surface area contributed by atoms with Crippen molar-refractivity contribution in [3.8, 4) is 28.0 Å². The standard InChI is InChI=1S/C37H41N3O4S/c1-24-8-10-27(11-9-24)35-26(3)36-32-13-12-30(20-28(32)23-40(45-4)37(36)25(2)33(35)22-34(41)42)38-29-6-5-7-31(21-29)44-19-16-39-14-17-43-18-15-39/h5-13,20-21,38H,14-19,22-23H2,1-4H3,(H,41,42). The van der Waals surface area contributed by atoms with Gasteiger partial charge in [0.2, 0.25) is 0 Å². The molecule has 0 spiro atoms. The number of nitrogens with zero attached hydrogens (tertiary/aromatic N) is 2. The van der Waals surface area contributed by atoms with Crippen molar-refractivity contribution in [1.29, 1.82) is 0 Å². The molecule has 0 atom stereocenters. The number of ether oxygens (including phenoxy) is 2. The highest BCUT2D eigenvalue weighted by Gasteiger charge is 2.30. The number of aryl methyl sites for hydroxylation is 1. The third kappa shape index (κ3) is 6.69. The molecule has 1 fully saturated rings. The molecule has 0 aromatic heterocycles. The molecule has 234 valence electrons. The summed E-state index contributed by atoms with van der Waals surface area (Å²) in [5.74, 6) is 0.0283. The van der Waals surface area contributed by atoms with Gasteiger partial charge in [-0.3, -0.25) is 9.69 Å². The molecule has 0 amide bonds. The van der Waals surface area contributed by atoms with Crippen molar-refractivity contribution in [2.24, 2.45) is 0 Å². The number of rotatable bonds is 10. The van der Waals surface area contributed by atoms with Crippen LogP contribution < -0.4 is 14.4 Å². The zero-order valence-electron chi connectivity index (χ0n) is 26.5. The summed E-state index contributed by atoms with van der Waals surface area (Å²) in [7, 11) is 0. The lowest BCUT2D eigenvalue weighted by Crippen LogP contribution is -2.38. The van der Waals surface area contributed by atoms with Gasteiger partial charge in [0.25, 0.3) is 0 Å². The van der Waals surface area contributed by atoms with Crippen molar-refractivity contribution >= 4 is 35.0 Å². The van der Waals surface area contributed by atoms with Crippen LogP contribution in [0.25, 0.3) is 22.3 Å². The van der Waals surface area contributed by atoms with E-state index in [-0.39, 0.29) is 6.42 Å². The van der Waals surface area contributed by atoms with Crippen molar-refractivity contribution in [2.75, 3.05) is 55.3 Å². The van der Waals surface area contributed by atoms with E-state index in [2.05, 4.69) is 90.1 Å². The molecule has 0 radical (unpaired) electrons. The number of carbonyl (C=O) groups is 1. The Morgan fingerprint density at radius 3 is 2.44 bits per heavy atom. The lowest BCUT2D eigenvalue weighted by Gasteiger charge is -2.36. The number of fused-ring (bicyclic) bond motifs is 3. The minimum atomic E-state index is -0.819. The van der Waals surface area contributed by atoms with Crippen LogP contribution in [0.1, 0.15) is 27.8 Å². The molecule has 0 unspecified atom stereocenters. The SMILES string of the molecule is CSN1Cc2cc(Nc3cccc(OCCN4CCOCC4)c3)ccc2-c2c(C)c(-c3ccc(C)cc3)c(CC(=O)O)c(C)c21. The molecule has 7 nitrogen and oxygen atoms in total. The third-order valence-electron chi connectivity index (χ3n) is 8.83. The summed E-state index contributed by atoms with van der Waals surface area (Å²) in [6.45, 7) is 12.0. The molecule has 45 heavy (non-hydrogen) atoms. The smallest absolute Gasteiger partial charge is 0.307 e. The number of anilines is 3. The highest BCUT2D eigenvalue weighted by atomic mass is 32.2. The van der Waals surface area contributed by atoms with Crippen LogP contribution in [0.4, 0.5) is 17.1 Å². The molecule has 1 saturated heterocycles. The quantitative estimate of drug-likeness (QED) is 0.175. The molecular weight excluding hydrogens is 582 g/mol. The van der Waals surface area contributed by atoms with E-state index in [0.717, 1.165) is 90.0 Å². The first-order valence-corrected chi connectivity index (χ1v) is 16.7. The van der Waals surface area contributed by atoms with Crippen molar-refractivity contribution in [3.63, 3.8) is 0 Å². The highest BCUT2D eigenvalue weighted by molar-refractivity contribution is 7.99. The summed E-state index contributed by atoms with van der Waals surface area (Å²) in [5, 5.41) is 13.5. The number of aliphatic carboxylic acids is 1. The Kier molecular flexibility index (Phi) is 9.35. The van der Waals surface area contributed by atoms with E-state index in [1.807, 2.05) is 18.2 Å². The molecule has 4 aromatic carbocycles. The molecule has 2 aliphatic heterocycles. The Balaban J connectivity index is 1.31. The van der Waals surface area contributed by atoms with Gasteiger partial charge in [-0.15, -0.1) is 0 Å². The molecule has 0 saturated carbocycles. The van der Waals surface area contributed by atoms with Crippen LogP contribution in [0, 0.1) is 20.8 Å². The van der Waals surface area contributed by atoms with Gasteiger partial charge < -0.3 is 24.2 Å². The summed E-state index contributed by atoms with van der Waals surface area (Å²) in [6, 6.07) is 23.1. The fourth-order valence-corrected chi connectivity index (χ4v) is 7.23. The van der Waals surface area contributed by atoms with Gasteiger partial charge in [-0.1, -0.05) is 53.9 Å². The molecule has 0 bridgehead atoms. The third-order valence-corrected chi connectivity index (χ3v) is 9.58. The van der Waals surface area contributed by atoms with Crippen LogP contribution in [0.2, 0.25) is 0 Å². The average Bonchev–Trinajstić information content (AvgIpc) is 3.04. The Morgan fingerprint density at radius 2 is 1.71 bits per heavy atom. The molecule has 2 heterocycles. The maximum atomic E-state index is 12.1. The fraction of sp³-hybridized carbons (Fsp3) is 0.324. The van der Waals surface area contributed by atoms with Crippen LogP contribution in [0.5, 0.6) is 5.75 Å². The second-order valence-electron chi connectivity index (χ2n) is 11.8. The van der Waals surface area contributed by atoms with E-state index in [1.165, 1.54) is 22.3 Å². The fourth-order valence-electron chi connectivity index (χ4n) is 6.55. The first kappa shape index (κ1) is 31.0. The second kappa shape index (κ2) is 13.6. The minimum Gasteiger partial charge on any atom is -0.492 e. The van der Waals surface area contributed by atoms with Gasteiger partial charge in [0.15, 0.2) is 0 Å². The minimum absolute atomic E-state index is 0.0168. The van der Waals surface area contributed by atoms with Gasteiger partial charge >= 0.3 is 5.97 Å². The monoisotopic (exact) mass is 623 g/mol. The summed E-state index contributed by atoms with van der Waals surface area (Å²) >= 11 is 1.67. The number of morpholine rings is 1. The van der Waals surface area contributed by atoms with Gasteiger partial charge in [0, 0.05) is 48.9 Å². The van der Waals surface area contributed by atoms with E-state index in [4.69, 9.17) is 9.47 Å². The zero-order chi connectivity index (χ0) is 31.5. The largest absolute Gasteiger partial charge is 0.492 e. The lowest BCUT2D eigenvalue weighted by atomic mass is 9.81.